The van der Waals surface area contributed by atoms with E-state index in [0.29, 0.717) is 11.8 Å². The Morgan fingerprint density at radius 2 is 1.58 bits per heavy atom. The molecule has 0 saturated carbocycles. The van der Waals surface area contributed by atoms with Crippen LogP contribution in [0.2, 0.25) is 0 Å². The number of aromatic amines is 1. The SMILES string of the molecule is CC[C@H](C)[C@@H]1NC(=O)CNC(=O)[C@H]2CC(=O)[C@H]([C@@H](C)[C@@H](O)CO)NC(=O)[C@@H]3C[C@@H](O)CN3C(=O)[C@H](CC(N)=O)CC(=O)[C@H](CS(=O)c3[nH]c4cc(O)ccc4c3C2)NC(=O)CNC1=O. The molecule has 11 atom stereocenters. The van der Waals surface area contributed by atoms with Crippen LogP contribution in [0.4, 0.5) is 0 Å². The first-order valence-corrected chi connectivity index (χ1v) is 22.3. The molecule has 0 aliphatic carbocycles. The maximum absolute atomic E-state index is 14.6. The minimum Gasteiger partial charge on any atom is -0.508 e. The van der Waals surface area contributed by atoms with Gasteiger partial charge in [-0.15, -0.1) is 0 Å². The molecule has 2 aromatic rings. The van der Waals surface area contributed by atoms with Crippen molar-refractivity contribution in [3.63, 3.8) is 0 Å². The Morgan fingerprint density at radius 1 is 0.906 bits per heavy atom. The summed E-state index contributed by atoms with van der Waals surface area (Å²) in [5, 5.41) is 54.4. The van der Waals surface area contributed by atoms with Gasteiger partial charge in [0.25, 0.3) is 0 Å². The van der Waals surface area contributed by atoms with Gasteiger partial charge in [-0.2, -0.15) is 0 Å². The van der Waals surface area contributed by atoms with Crippen LogP contribution in [0, 0.1) is 23.7 Å². The van der Waals surface area contributed by atoms with E-state index in [4.69, 9.17) is 5.73 Å². The molecule has 7 amide bonds. The molecule has 1 unspecified atom stereocenters. The average Bonchev–Trinajstić information content (AvgIpc) is 3.82. The lowest BCUT2D eigenvalue weighted by Gasteiger charge is -2.32. The molecule has 0 spiro atoms. The third-order valence-electron chi connectivity index (χ3n) is 12.1. The van der Waals surface area contributed by atoms with Gasteiger partial charge in [-0.25, -0.2) is 0 Å². The van der Waals surface area contributed by atoms with Crippen LogP contribution in [-0.4, -0.2) is 156 Å². The number of aromatic hydroxyl groups is 1. The topological polar surface area (TPSA) is 357 Å². The molecular formula is C41H56N8O14S. The zero-order valence-electron chi connectivity index (χ0n) is 35.6. The van der Waals surface area contributed by atoms with Crippen molar-refractivity contribution in [3.8, 4) is 5.75 Å². The lowest BCUT2D eigenvalue weighted by atomic mass is 9.85. The summed E-state index contributed by atoms with van der Waals surface area (Å²) >= 11 is 0. The minimum absolute atomic E-state index is 0.102. The number of aliphatic hydroxyl groups is 3. The number of amides is 7. The number of hydrogen-bond donors (Lipinski definition) is 11. The number of H-pyrrole nitrogens is 1. The molecule has 22 nitrogen and oxygen atoms in total. The summed E-state index contributed by atoms with van der Waals surface area (Å²) in [7, 11) is -2.31. The number of rotatable bonds is 7. The van der Waals surface area contributed by atoms with Gasteiger partial charge in [-0.05, 0) is 30.0 Å². The number of nitrogens with zero attached hydrogens (tertiary/aromatic N) is 1. The largest absolute Gasteiger partial charge is 0.508 e. The average molecular weight is 917 g/mol. The van der Waals surface area contributed by atoms with E-state index < -0.39 is 181 Å². The van der Waals surface area contributed by atoms with Crippen molar-refractivity contribution in [1.29, 1.82) is 0 Å². The number of carbonyl (C=O) groups is 9. The number of phenols is 1. The van der Waals surface area contributed by atoms with Crippen LogP contribution in [0.5, 0.6) is 5.75 Å². The number of Topliss-reactive ketones (excluding diaryl/α,β-unsaturated/α-hetero) is 2. The lowest BCUT2D eigenvalue weighted by molar-refractivity contribution is -0.145. The Bertz CT molecular complexity index is 2200. The summed E-state index contributed by atoms with van der Waals surface area (Å²) in [5.41, 5.74) is 5.90. The van der Waals surface area contributed by atoms with Gasteiger partial charge < -0.3 is 62.6 Å². The molecule has 2 bridgehead atoms. The molecule has 1 aromatic heterocycles. The van der Waals surface area contributed by atoms with Crippen LogP contribution in [0.25, 0.3) is 10.9 Å². The highest BCUT2D eigenvalue weighted by Gasteiger charge is 2.45. The van der Waals surface area contributed by atoms with Crippen molar-refractivity contribution in [2.24, 2.45) is 29.4 Å². The minimum atomic E-state index is -2.31. The van der Waals surface area contributed by atoms with Gasteiger partial charge >= 0.3 is 0 Å². The monoisotopic (exact) mass is 916 g/mol. The Morgan fingerprint density at radius 3 is 2.23 bits per heavy atom. The predicted molar refractivity (Wildman–Crippen MR) is 225 cm³/mol. The van der Waals surface area contributed by atoms with E-state index in [-0.39, 0.29) is 28.3 Å². The van der Waals surface area contributed by atoms with E-state index in [1.54, 1.807) is 13.8 Å². The van der Waals surface area contributed by atoms with E-state index in [0.717, 1.165) is 4.90 Å². The standard InChI is InChI=1S/C41H56N8O14S/c1-4-18(2)35-39(61)44-13-33(57)45-27-17-64(63)40-25(24-6-5-22(51)11-26(24)46-40)7-20(37(59)43-14-34(58)47-35)8-30(54)36(19(3)31(55)16-50)48-38(60)28-12-23(52)15-49(28)41(62)21(9-29(27)53)10-32(42)56/h5-6,11,18-21,23,27-28,31,35-36,46,50-52,55H,4,7-10,12-17H2,1-3H3,(H2,42,56)(H,43,59)(H,44,61)(H,45,57)(H,47,58)(H,48,60)/t18-,19-,20+,21-,23+,27-,28-,31-,35-,36-,64?/m0/s1. The molecule has 12 N–H and O–H groups in total. The van der Waals surface area contributed by atoms with Crippen molar-refractivity contribution in [3.05, 3.63) is 23.8 Å². The molecule has 350 valence electrons. The Labute approximate surface area is 369 Å². The molecular weight excluding hydrogens is 861 g/mol. The fraction of sp³-hybridized carbons (Fsp3) is 0.585. The Kier molecular flexibility index (Phi) is 16.4. The van der Waals surface area contributed by atoms with Crippen molar-refractivity contribution < 1.29 is 67.8 Å². The predicted octanol–water partition coefficient (Wildman–Crippen LogP) is -3.74. The highest BCUT2D eigenvalue weighted by atomic mass is 32.2. The number of primary amides is 1. The lowest BCUT2D eigenvalue weighted by Crippen LogP contribution is -2.56. The number of benzene rings is 1. The molecule has 1 saturated heterocycles. The summed E-state index contributed by atoms with van der Waals surface area (Å²) in [6, 6.07) is -1.99. The third-order valence-corrected chi connectivity index (χ3v) is 13.6. The number of aliphatic hydroxyl groups excluding tert-OH is 3. The molecule has 1 aromatic carbocycles. The second-order valence-electron chi connectivity index (χ2n) is 16.8. The number of hydrogen-bond acceptors (Lipinski definition) is 14. The first kappa shape index (κ1) is 49.2. The Balaban J connectivity index is 1.73. The molecule has 23 heteroatoms. The van der Waals surface area contributed by atoms with Crippen LogP contribution in [-0.2, 0) is 60.4 Å². The second-order valence-corrected chi connectivity index (χ2v) is 18.2. The smallest absolute Gasteiger partial charge is 0.243 e. The van der Waals surface area contributed by atoms with E-state index in [1.807, 2.05) is 0 Å². The van der Waals surface area contributed by atoms with Crippen LogP contribution in [0.15, 0.2) is 23.2 Å². The molecule has 64 heavy (non-hydrogen) atoms. The van der Waals surface area contributed by atoms with E-state index >= 15 is 0 Å². The van der Waals surface area contributed by atoms with Crippen molar-refractivity contribution in [2.75, 3.05) is 32.0 Å². The fourth-order valence-electron chi connectivity index (χ4n) is 8.26. The van der Waals surface area contributed by atoms with E-state index in [9.17, 15) is 67.8 Å². The summed E-state index contributed by atoms with van der Waals surface area (Å²) in [6.07, 6.45) is -5.54. The van der Waals surface area contributed by atoms with Gasteiger partial charge in [-0.3, -0.25) is 47.4 Å². The maximum atomic E-state index is 14.6. The first-order chi connectivity index (χ1) is 30.2. The third kappa shape index (κ3) is 11.7. The molecule has 5 rings (SSSR count). The molecule has 3 aliphatic rings. The number of ketones is 2. The van der Waals surface area contributed by atoms with E-state index in [1.165, 1.54) is 25.1 Å². The summed E-state index contributed by atoms with van der Waals surface area (Å²) in [6.45, 7) is 2.01. The fourth-order valence-corrected chi connectivity index (χ4v) is 9.69. The van der Waals surface area contributed by atoms with Crippen molar-refractivity contribution in [1.82, 2.24) is 36.5 Å². The summed E-state index contributed by atoms with van der Waals surface area (Å²) < 4.78 is 14.6. The summed E-state index contributed by atoms with van der Waals surface area (Å²) in [4.78, 5) is 128. The quantitative estimate of drug-likeness (QED) is 0.127. The molecule has 1 fully saturated rings. The van der Waals surface area contributed by atoms with Crippen LogP contribution >= 0.6 is 0 Å². The van der Waals surface area contributed by atoms with Gasteiger partial charge in [0.2, 0.25) is 41.4 Å². The molecule has 3 aliphatic heterocycles. The number of phenolic OH excluding ortho intramolecular Hbond substituents is 1. The van der Waals surface area contributed by atoms with Gasteiger partial charge in [0.05, 0.1) is 72.0 Å². The normalized spacial score (nSPS) is 28.8. The summed E-state index contributed by atoms with van der Waals surface area (Å²) in [5.74, 6) is -13.8. The maximum Gasteiger partial charge on any atom is 0.243 e. The number of nitrogens with one attached hydrogen (secondary N) is 6. The Hall–Kier alpha value is -5.78. The van der Waals surface area contributed by atoms with Crippen molar-refractivity contribution in [2.45, 2.75) is 101 Å². The van der Waals surface area contributed by atoms with Crippen LogP contribution in [0.3, 0.4) is 0 Å². The number of aromatic nitrogens is 1. The number of nitrogens with two attached hydrogens (primary N) is 1. The van der Waals surface area contributed by atoms with Crippen LogP contribution < -0.4 is 32.3 Å². The zero-order valence-corrected chi connectivity index (χ0v) is 36.4. The zero-order chi connectivity index (χ0) is 47.2. The van der Waals surface area contributed by atoms with Gasteiger partial charge in [-0.1, -0.05) is 27.2 Å². The first-order valence-electron chi connectivity index (χ1n) is 21.0. The number of fused-ring (bicyclic) bond motifs is 5. The van der Waals surface area contributed by atoms with Crippen molar-refractivity contribution >= 4 is 74.6 Å². The highest BCUT2D eigenvalue weighted by Crippen LogP contribution is 2.32. The second kappa shape index (κ2) is 21.3. The number of carbonyl (C=O) groups excluding carboxylic acids is 9. The van der Waals surface area contributed by atoms with Crippen LogP contribution in [0.1, 0.15) is 58.4 Å². The molecule has 4 heterocycles. The van der Waals surface area contributed by atoms with E-state index in [2.05, 4.69) is 31.6 Å². The highest BCUT2D eigenvalue weighted by molar-refractivity contribution is 7.85. The van der Waals surface area contributed by atoms with Gasteiger partial charge in [0.15, 0.2) is 11.6 Å². The molecule has 0 radical (unpaired) electrons. The van der Waals surface area contributed by atoms with Gasteiger partial charge in [0, 0.05) is 55.5 Å². The van der Waals surface area contributed by atoms with Gasteiger partial charge in [0.1, 0.15) is 22.9 Å².